The molecular formula is C17H21N3O2S. The zero-order valence-electron chi connectivity index (χ0n) is 13.2. The van der Waals surface area contributed by atoms with Crippen LogP contribution >= 0.6 is 11.8 Å². The van der Waals surface area contributed by atoms with Crippen LogP contribution in [0.15, 0.2) is 41.7 Å². The van der Waals surface area contributed by atoms with Gasteiger partial charge >= 0.3 is 0 Å². The Morgan fingerprint density at radius 3 is 2.96 bits per heavy atom. The summed E-state index contributed by atoms with van der Waals surface area (Å²) in [5.41, 5.74) is 2.20. The largest absolute Gasteiger partial charge is 0.376 e. The summed E-state index contributed by atoms with van der Waals surface area (Å²) < 4.78 is 7.96. The molecule has 1 saturated heterocycles. The molecule has 1 fully saturated rings. The first-order valence-corrected chi connectivity index (χ1v) is 8.82. The number of amides is 1. The molecule has 5 nitrogen and oxygen atoms in total. The van der Waals surface area contributed by atoms with Crippen LogP contribution < -0.4 is 5.32 Å². The molecule has 1 atom stereocenters. The van der Waals surface area contributed by atoms with Crippen molar-refractivity contribution in [1.82, 2.24) is 14.9 Å². The van der Waals surface area contributed by atoms with Crippen molar-refractivity contribution in [3.05, 3.63) is 36.5 Å². The number of nitrogens with zero attached hydrogens (tertiary/aromatic N) is 2. The maximum absolute atomic E-state index is 11.5. The minimum absolute atomic E-state index is 0.00271. The quantitative estimate of drug-likeness (QED) is 0.827. The lowest BCUT2D eigenvalue weighted by molar-refractivity contribution is -0.118. The zero-order chi connectivity index (χ0) is 16.1. The van der Waals surface area contributed by atoms with Crippen LogP contribution in [0.5, 0.6) is 0 Å². The van der Waals surface area contributed by atoms with Gasteiger partial charge in [0.25, 0.3) is 0 Å². The van der Waals surface area contributed by atoms with Gasteiger partial charge in [0, 0.05) is 13.7 Å². The van der Waals surface area contributed by atoms with Gasteiger partial charge in [-0.05, 0) is 18.4 Å². The Balaban J connectivity index is 1.86. The highest BCUT2D eigenvalue weighted by molar-refractivity contribution is 7.99. The molecule has 0 spiro atoms. The average Bonchev–Trinajstić information content (AvgIpc) is 3.24. The van der Waals surface area contributed by atoms with Gasteiger partial charge in [0.1, 0.15) is 0 Å². The molecule has 1 aliphatic heterocycles. The molecule has 3 rings (SSSR count). The van der Waals surface area contributed by atoms with Crippen molar-refractivity contribution >= 4 is 17.7 Å². The molecular weight excluding hydrogens is 310 g/mol. The summed E-state index contributed by atoms with van der Waals surface area (Å²) in [5, 5.41) is 3.51. The molecule has 2 heterocycles. The molecule has 1 aromatic heterocycles. The van der Waals surface area contributed by atoms with E-state index in [1.54, 1.807) is 7.05 Å². The third-order valence-corrected chi connectivity index (χ3v) is 4.90. The Bertz CT molecular complexity index is 651. The fourth-order valence-corrected chi connectivity index (χ4v) is 3.54. The van der Waals surface area contributed by atoms with E-state index < -0.39 is 0 Å². The van der Waals surface area contributed by atoms with E-state index in [0.717, 1.165) is 42.4 Å². The highest BCUT2D eigenvalue weighted by Gasteiger charge is 2.21. The van der Waals surface area contributed by atoms with Crippen molar-refractivity contribution in [2.45, 2.75) is 30.6 Å². The Kier molecular flexibility index (Phi) is 5.35. The fourth-order valence-electron chi connectivity index (χ4n) is 2.68. The number of hydrogen-bond donors (Lipinski definition) is 1. The van der Waals surface area contributed by atoms with Gasteiger partial charge in [-0.25, -0.2) is 4.98 Å². The van der Waals surface area contributed by atoms with Crippen LogP contribution in [0.1, 0.15) is 12.8 Å². The van der Waals surface area contributed by atoms with Gasteiger partial charge in [0.15, 0.2) is 5.16 Å². The van der Waals surface area contributed by atoms with Crippen LogP contribution in [0.2, 0.25) is 0 Å². The molecule has 122 valence electrons. The van der Waals surface area contributed by atoms with E-state index >= 15 is 0 Å². The van der Waals surface area contributed by atoms with E-state index in [-0.39, 0.29) is 12.0 Å². The van der Waals surface area contributed by atoms with Crippen molar-refractivity contribution in [3.8, 4) is 11.3 Å². The lowest BCUT2D eigenvalue weighted by Crippen LogP contribution is -2.21. The number of aromatic nitrogens is 2. The first-order chi connectivity index (χ1) is 11.3. The number of nitrogens with one attached hydrogen (secondary N) is 1. The van der Waals surface area contributed by atoms with Gasteiger partial charge in [0.2, 0.25) is 5.91 Å². The average molecular weight is 331 g/mol. The van der Waals surface area contributed by atoms with E-state index in [0.29, 0.717) is 5.75 Å². The number of benzene rings is 1. The molecule has 0 aliphatic carbocycles. The van der Waals surface area contributed by atoms with E-state index in [1.807, 2.05) is 24.4 Å². The van der Waals surface area contributed by atoms with Crippen LogP contribution in [0.3, 0.4) is 0 Å². The summed E-state index contributed by atoms with van der Waals surface area (Å²) in [6.07, 6.45) is 4.30. The monoisotopic (exact) mass is 331 g/mol. The molecule has 1 amide bonds. The van der Waals surface area contributed by atoms with Crippen molar-refractivity contribution in [2.75, 3.05) is 19.4 Å². The predicted octanol–water partition coefficient (Wildman–Crippen LogP) is 2.57. The summed E-state index contributed by atoms with van der Waals surface area (Å²) in [4.78, 5) is 16.1. The van der Waals surface area contributed by atoms with Crippen LogP contribution in [-0.4, -0.2) is 41.0 Å². The van der Waals surface area contributed by atoms with E-state index in [4.69, 9.17) is 4.74 Å². The molecule has 23 heavy (non-hydrogen) atoms. The van der Waals surface area contributed by atoms with Crippen LogP contribution in [-0.2, 0) is 16.1 Å². The Morgan fingerprint density at radius 1 is 1.43 bits per heavy atom. The number of ether oxygens (including phenoxy) is 1. The summed E-state index contributed by atoms with van der Waals surface area (Å²) in [6, 6.07) is 10.2. The molecule has 1 aromatic carbocycles. The summed E-state index contributed by atoms with van der Waals surface area (Å²) in [7, 11) is 1.65. The van der Waals surface area contributed by atoms with E-state index in [2.05, 4.69) is 27.0 Å². The summed E-state index contributed by atoms with van der Waals surface area (Å²) in [6.45, 7) is 1.61. The molecule has 0 saturated carbocycles. The zero-order valence-corrected chi connectivity index (χ0v) is 14.0. The van der Waals surface area contributed by atoms with Gasteiger partial charge in [0.05, 0.1) is 30.3 Å². The van der Waals surface area contributed by atoms with E-state index in [9.17, 15) is 4.79 Å². The molecule has 0 bridgehead atoms. The van der Waals surface area contributed by atoms with Gasteiger partial charge in [-0.3, -0.25) is 4.79 Å². The van der Waals surface area contributed by atoms with Crippen molar-refractivity contribution in [3.63, 3.8) is 0 Å². The second kappa shape index (κ2) is 7.66. The molecule has 6 heteroatoms. The van der Waals surface area contributed by atoms with Gasteiger partial charge < -0.3 is 14.6 Å². The molecule has 2 aromatic rings. The SMILES string of the molecule is CNC(=O)CSc1ncc(-c2ccccc2)n1CC1CCCO1. The highest BCUT2D eigenvalue weighted by Crippen LogP contribution is 2.28. The Morgan fingerprint density at radius 2 is 2.26 bits per heavy atom. The van der Waals surface area contributed by atoms with Crippen molar-refractivity contribution in [2.24, 2.45) is 0 Å². The topological polar surface area (TPSA) is 56.2 Å². The third kappa shape index (κ3) is 3.95. The molecule has 1 unspecified atom stereocenters. The smallest absolute Gasteiger partial charge is 0.230 e. The van der Waals surface area contributed by atoms with Gasteiger partial charge in [-0.2, -0.15) is 0 Å². The molecule has 1 aliphatic rings. The number of carbonyl (C=O) groups excluding carboxylic acids is 1. The van der Waals surface area contributed by atoms with Gasteiger partial charge in [-0.15, -0.1) is 0 Å². The lowest BCUT2D eigenvalue weighted by atomic mass is 10.1. The maximum Gasteiger partial charge on any atom is 0.230 e. The minimum atomic E-state index is 0.00271. The summed E-state index contributed by atoms with van der Waals surface area (Å²) in [5.74, 6) is 0.371. The molecule has 0 radical (unpaired) electrons. The number of thioether (sulfide) groups is 1. The third-order valence-electron chi connectivity index (χ3n) is 3.91. The van der Waals surface area contributed by atoms with Gasteiger partial charge in [-0.1, -0.05) is 42.1 Å². The van der Waals surface area contributed by atoms with E-state index in [1.165, 1.54) is 11.8 Å². The standard InChI is InChI=1S/C17H21N3O2S/c1-18-16(21)12-23-17-19-10-15(13-6-3-2-4-7-13)20(17)11-14-8-5-9-22-14/h2-4,6-7,10,14H,5,8-9,11-12H2,1H3,(H,18,21). The Labute approximate surface area is 140 Å². The lowest BCUT2D eigenvalue weighted by Gasteiger charge is -2.16. The number of rotatable bonds is 6. The Hall–Kier alpha value is -1.79. The van der Waals surface area contributed by atoms with Crippen LogP contribution in [0, 0.1) is 0 Å². The first kappa shape index (κ1) is 16.1. The summed E-state index contributed by atoms with van der Waals surface area (Å²) >= 11 is 1.46. The van der Waals surface area contributed by atoms with Crippen molar-refractivity contribution in [1.29, 1.82) is 0 Å². The second-order valence-electron chi connectivity index (χ2n) is 5.50. The first-order valence-electron chi connectivity index (χ1n) is 7.84. The number of imidazole rings is 1. The van der Waals surface area contributed by atoms with Crippen molar-refractivity contribution < 1.29 is 9.53 Å². The minimum Gasteiger partial charge on any atom is -0.376 e. The molecule has 1 N–H and O–H groups in total. The normalized spacial score (nSPS) is 17.3. The highest BCUT2D eigenvalue weighted by atomic mass is 32.2. The fraction of sp³-hybridized carbons (Fsp3) is 0.412. The maximum atomic E-state index is 11.5. The van der Waals surface area contributed by atoms with Crippen LogP contribution in [0.4, 0.5) is 0 Å². The number of carbonyl (C=O) groups is 1. The van der Waals surface area contributed by atoms with Crippen LogP contribution in [0.25, 0.3) is 11.3 Å². The predicted molar refractivity (Wildman–Crippen MR) is 91.4 cm³/mol. The second-order valence-corrected chi connectivity index (χ2v) is 6.44. The number of hydrogen-bond acceptors (Lipinski definition) is 4.